The molecule has 0 unspecified atom stereocenters. The first-order valence-corrected chi connectivity index (χ1v) is 7.52. The molecular formula is C17H19N3O5. The number of rotatable bonds is 5. The number of hydrogen-bond acceptors (Lipinski definition) is 5. The van der Waals surface area contributed by atoms with Gasteiger partial charge in [0, 0.05) is 5.56 Å². The summed E-state index contributed by atoms with van der Waals surface area (Å²) >= 11 is 0. The highest BCUT2D eigenvalue weighted by atomic mass is 16.5. The Morgan fingerprint density at radius 2 is 1.92 bits per heavy atom. The van der Waals surface area contributed by atoms with Gasteiger partial charge in [-0.05, 0) is 25.1 Å². The van der Waals surface area contributed by atoms with Crippen LogP contribution in [0.25, 0.3) is 0 Å². The van der Waals surface area contributed by atoms with Crippen LogP contribution in [0.15, 0.2) is 41.0 Å². The Labute approximate surface area is 144 Å². The molecule has 2 aromatic rings. The third kappa shape index (κ3) is 5.38. The second kappa shape index (κ2) is 8.53. The maximum atomic E-state index is 11.9. The topological polar surface area (TPSA) is 110 Å². The van der Waals surface area contributed by atoms with Crippen molar-refractivity contribution < 1.29 is 23.5 Å². The van der Waals surface area contributed by atoms with Crippen LogP contribution in [-0.2, 0) is 27.3 Å². The van der Waals surface area contributed by atoms with Gasteiger partial charge < -0.3 is 14.5 Å². The van der Waals surface area contributed by atoms with Gasteiger partial charge in [-0.2, -0.15) is 0 Å². The molecule has 0 aliphatic rings. The largest absolute Gasteiger partial charge is 0.496 e. The van der Waals surface area contributed by atoms with Gasteiger partial charge in [0.25, 0.3) is 0 Å². The Balaban J connectivity index is 1.80. The Morgan fingerprint density at radius 3 is 2.60 bits per heavy atom. The summed E-state index contributed by atoms with van der Waals surface area (Å²) in [4.78, 5) is 35.2. The van der Waals surface area contributed by atoms with Gasteiger partial charge in [-0.15, -0.1) is 0 Å². The highest BCUT2D eigenvalue weighted by Crippen LogP contribution is 2.19. The predicted molar refractivity (Wildman–Crippen MR) is 88.3 cm³/mol. The molecule has 1 aromatic heterocycles. The summed E-state index contributed by atoms with van der Waals surface area (Å²) in [7, 11) is 1.51. The molecule has 0 aliphatic carbocycles. The number of methoxy groups -OCH3 is 1. The lowest BCUT2D eigenvalue weighted by molar-refractivity contribution is -0.141. The minimum atomic E-state index is -0.976. The van der Waals surface area contributed by atoms with E-state index in [0.717, 1.165) is 5.56 Å². The number of hydrazine groups is 1. The molecule has 0 spiro atoms. The van der Waals surface area contributed by atoms with E-state index in [4.69, 9.17) is 9.15 Å². The predicted octanol–water partition coefficient (Wildman–Crippen LogP) is 0.603. The van der Waals surface area contributed by atoms with Gasteiger partial charge in [-0.3, -0.25) is 25.2 Å². The standard InChI is InChI=1S/C17H19N3O5/c1-11-5-6-14(24-2)12(8-11)9-15(21)19-20-17(23)16(22)18-10-13-4-3-7-25-13/h3-8H,9-10H2,1-2H3,(H,18,22)(H,19,21)(H,20,23). The maximum Gasteiger partial charge on any atom is 0.327 e. The van der Waals surface area contributed by atoms with Crippen LogP contribution in [0.2, 0.25) is 0 Å². The highest BCUT2D eigenvalue weighted by molar-refractivity contribution is 6.35. The number of aryl methyl sites for hydroxylation is 1. The summed E-state index contributed by atoms with van der Waals surface area (Å²) in [5, 5.41) is 2.37. The second-order valence-corrected chi connectivity index (χ2v) is 5.26. The number of carbonyl (C=O) groups excluding carboxylic acids is 3. The van der Waals surface area contributed by atoms with Gasteiger partial charge in [0.15, 0.2) is 0 Å². The third-order valence-corrected chi connectivity index (χ3v) is 3.31. The molecule has 1 aromatic carbocycles. The van der Waals surface area contributed by atoms with Crippen molar-refractivity contribution in [1.82, 2.24) is 16.2 Å². The quantitative estimate of drug-likeness (QED) is 0.543. The van der Waals surface area contributed by atoms with E-state index in [1.54, 1.807) is 18.2 Å². The van der Waals surface area contributed by atoms with Crippen LogP contribution in [-0.4, -0.2) is 24.8 Å². The Kier molecular flexibility index (Phi) is 6.16. The van der Waals surface area contributed by atoms with Crippen LogP contribution in [0.1, 0.15) is 16.9 Å². The van der Waals surface area contributed by atoms with Crippen LogP contribution in [0.4, 0.5) is 0 Å². The van der Waals surface area contributed by atoms with Gasteiger partial charge in [0.05, 0.1) is 26.3 Å². The van der Waals surface area contributed by atoms with Crippen LogP contribution in [0.5, 0.6) is 5.75 Å². The third-order valence-electron chi connectivity index (χ3n) is 3.31. The molecule has 8 heteroatoms. The Bertz CT molecular complexity index is 756. The van der Waals surface area contributed by atoms with E-state index in [9.17, 15) is 14.4 Å². The number of furan rings is 1. The van der Waals surface area contributed by atoms with E-state index in [1.165, 1.54) is 13.4 Å². The Morgan fingerprint density at radius 1 is 1.12 bits per heavy atom. The molecule has 8 nitrogen and oxygen atoms in total. The fraction of sp³-hybridized carbons (Fsp3) is 0.235. The molecule has 1 heterocycles. The zero-order valence-electron chi connectivity index (χ0n) is 13.9. The summed E-state index contributed by atoms with van der Waals surface area (Å²) < 4.78 is 10.2. The van der Waals surface area contributed by atoms with Crippen LogP contribution in [0.3, 0.4) is 0 Å². The molecule has 0 bridgehead atoms. The van der Waals surface area contributed by atoms with Gasteiger partial charge in [0.2, 0.25) is 5.91 Å². The fourth-order valence-electron chi connectivity index (χ4n) is 2.11. The maximum absolute atomic E-state index is 11.9. The summed E-state index contributed by atoms with van der Waals surface area (Å²) in [5.41, 5.74) is 5.91. The summed E-state index contributed by atoms with van der Waals surface area (Å²) in [6.07, 6.45) is 1.46. The first kappa shape index (κ1) is 18.1. The first-order valence-electron chi connectivity index (χ1n) is 7.52. The molecular weight excluding hydrogens is 326 g/mol. The number of ether oxygens (including phenoxy) is 1. The Hall–Kier alpha value is -3.29. The van der Waals surface area contributed by atoms with Crippen LogP contribution < -0.4 is 20.9 Å². The molecule has 3 N–H and O–H groups in total. The van der Waals surface area contributed by atoms with E-state index in [0.29, 0.717) is 17.1 Å². The number of nitrogens with one attached hydrogen (secondary N) is 3. The van der Waals surface area contributed by atoms with Crippen molar-refractivity contribution in [3.05, 3.63) is 53.5 Å². The zero-order chi connectivity index (χ0) is 18.2. The normalized spacial score (nSPS) is 10.0. The van der Waals surface area contributed by atoms with Crippen molar-refractivity contribution in [3.63, 3.8) is 0 Å². The van der Waals surface area contributed by atoms with E-state index in [2.05, 4.69) is 16.2 Å². The molecule has 25 heavy (non-hydrogen) atoms. The molecule has 0 aliphatic heterocycles. The lowest BCUT2D eigenvalue weighted by atomic mass is 10.1. The number of carbonyl (C=O) groups is 3. The average Bonchev–Trinajstić information content (AvgIpc) is 3.11. The second-order valence-electron chi connectivity index (χ2n) is 5.26. The van der Waals surface area contributed by atoms with E-state index >= 15 is 0 Å². The molecule has 0 saturated heterocycles. The lowest BCUT2D eigenvalue weighted by Crippen LogP contribution is -2.48. The summed E-state index contributed by atoms with van der Waals surface area (Å²) in [6.45, 7) is 1.97. The van der Waals surface area contributed by atoms with Gasteiger partial charge in [0.1, 0.15) is 11.5 Å². The highest BCUT2D eigenvalue weighted by Gasteiger charge is 2.15. The van der Waals surface area contributed by atoms with Crippen molar-refractivity contribution in [2.24, 2.45) is 0 Å². The van der Waals surface area contributed by atoms with Crippen molar-refractivity contribution in [3.8, 4) is 5.75 Å². The number of benzene rings is 1. The lowest BCUT2D eigenvalue weighted by Gasteiger charge is -2.10. The van der Waals surface area contributed by atoms with Crippen molar-refractivity contribution in [1.29, 1.82) is 0 Å². The van der Waals surface area contributed by atoms with E-state index in [-0.39, 0.29) is 13.0 Å². The summed E-state index contributed by atoms with van der Waals surface area (Å²) in [5.74, 6) is -1.25. The number of amides is 3. The zero-order valence-corrected chi connectivity index (χ0v) is 13.9. The minimum absolute atomic E-state index is 0.000846. The average molecular weight is 345 g/mol. The van der Waals surface area contributed by atoms with Crippen molar-refractivity contribution in [2.75, 3.05) is 7.11 Å². The van der Waals surface area contributed by atoms with Gasteiger partial charge in [-0.25, -0.2) is 0 Å². The summed E-state index contributed by atoms with van der Waals surface area (Å²) in [6, 6.07) is 8.77. The first-order chi connectivity index (χ1) is 12.0. The minimum Gasteiger partial charge on any atom is -0.496 e. The van der Waals surface area contributed by atoms with E-state index in [1.807, 2.05) is 19.1 Å². The van der Waals surface area contributed by atoms with Crippen molar-refractivity contribution >= 4 is 17.7 Å². The molecule has 132 valence electrons. The molecule has 0 radical (unpaired) electrons. The van der Waals surface area contributed by atoms with Crippen molar-refractivity contribution in [2.45, 2.75) is 19.9 Å². The smallest absolute Gasteiger partial charge is 0.327 e. The fourth-order valence-corrected chi connectivity index (χ4v) is 2.11. The molecule has 0 saturated carbocycles. The molecule has 3 amide bonds. The van der Waals surface area contributed by atoms with Crippen LogP contribution >= 0.6 is 0 Å². The van der Waals surface area contributed by atoms with E-state index < -0.39 is 17.7 Å². The molecule has 0 atom stereocenters. The van der Waals surface area contributed by atoms with Crippen LogP contribution in [0, 0.1) is 6.92 Å². The monoisotopic (exact) mass is 345 g/mol. The molecule has 0 fully saturated rings. The van der Waals surface area contributed by atoms with Gasteiger partial charge >= 0.3 is 11.8 Å². The van der Waals surface area contributed by atoms with Gasteiger partial charge in [-0.1, -0.05) is 17.7 Å². The number of hydrogen-bond donors (Lipinski definition) is 3. The SMILES string of the molecule is COc1ccc(C)cc1CC(=O)NNC(=O)C(=O)NCc1ccco1. The molecule has 2 rings (SSSR count).